The van der Waals surface area contributed by atoms with Crippen molar-refractivity contribution < 1.29 is 0 Å². The largest absolute Gasteiger partial charge is 0.397 e. The minimum absolute atomic E-state index is 0.607. The standard InChI is InChI=1S/C21H21N3/c1-15-3-7-17(8-4-15)11-21-20(23)12-19(13-22)24(21)14-18-9-5-16(2)6-10-18/h3-10,12H,11,14,23H2,1-2H3. The van der Waals surface area contributed by atoms with Crippen molar-refractivity contribution in [3.05, 3.63) is 88.2 Å². The van der Waals surface area contributed by atoms with E-state index in [1.807, 2.05) is 4.57 Å². The summed E-state index contributed by atoms with van der Waals surface area (Å²) in [6, 6.07) is 20.9. The molecule has 0 radical (unpaired) electrons. The van der Waals surface area contributed by atoms with Crippen LogP contribution in [0, 0.1) is 25.2 Å². The van der Waals surface area contributed by atoms with E-state index < -0.39 is 0 Å². The molecule has 3 aromatic rings. The Morgan fingerprint density at radius 2 is 1.46 bits per heavy atom. The molecule has 0 saturated heterocycles. The van der Waals surface area contributed by atoms with Gasteiger partial charge in [-0.25, -0.2) is 0 Å². The Kier molecular flexibility index (Phi) is 4.39. The Balaban J connectivity index is 1.96. The summed E-state index contributed by atoms with van der Waals surface area (Å²) in [6.45, 7) is 4.80. The van der Waals surface area contributed by atoms with Crippen molar-refractivity contribution in [2.24, 2.45) is 0 Å². The Morgan fingerprint density at radius 1 is 0.917 bits per heavy atom. The monoisotopic (exact) mass is 315 g/mol. The zero-order valence-electron chi connectivity index (χ0n) is 14.1. The van der Waals surface area contributed by atoms with Crippen LogP contribution in [0.25, 0.3) is 0 Å². The van der Waals surface area contributed by atoms with Crippen molar-refractivity contribution >= 4 is 5.69 Å². The van der Waals surface area contributed by atoms with Gasteiger partial charge in [-0.3, -0.25) is 0 Å². The first-order chi connectivity index (χ1) is 11.6. The fourth-order valence-corrected chi connectivity index (χ4v) is 2.86. The average Bonchev–Trinajstić information content (AvgIpc) is 2.87. The molecule has 3 rings (SSSR count). The third-order valence-corrected chi connectivity index (χ3v) is 4.31. The van der Waals surface area contributed by atoms with Gasteiger partial charge in [0.2, 0.25) is 0 Å². The molecule has 1 heterocycles. The van der Waals surface area contributed by atoms with Crippen LogP contribution >= 0.6 is 0 Å². The zero-order chi connectivity index (χ0) is 17.1. The lowest BCUT2D eigenvalue weighted by Crippen LogP contribution is -2.08. The van der Waals surface area contributed by atoms with E-state index in [2.05, 4.69) is 68.4 Å². The average molecular weight is 315 g/mol. The lowest BCUT2D eigenvalue weighted by Gasteiger charge is -2.12. The summed E-state index contributed by atoms with van der Waals surface area (Å²) in [6.07, 6.45) is 0.722. The fourth-order valence-electron chi connectivity index (χ4n) is 2.86. The number of nitriles is 1. The number of nitrogen functional groups attached to an aromatic ring is 1. The van der Waals surface area contributed by atoms with E-state index in [1.165, 1.54) is 16.7 Å². The Bertz CT molecular complexity index is 879. The molecular formula is C21H21N3. The number of rotatable bonds is 4. The highest BCUT2D eigenvalue weighted by molar-refractivity contribution is 5.52. The van der Waals surface area contributed by atoms with Gasteiger partial charge in [0.15, 0.2) is 0 Å². The van der Waals surface area contributed by atoms with Gasteiger partial charge >= 0.3 is 0 Å². The smallest absolute Gasteiger partial charge is 0.122 e. The van der Waals surface area contributed by atoms with Gasteiger partial charge in [-0.2, -0.15) is 5.26 Å². The van der Waals surface area contributed by atoms with Crippen LogP contribution in [-0.4, -0.2) is 4.57 Å². The van der Waals surface area contributed by atoms with E-state index in [9.17, 15) is 5.26 Å². The van der Waals surface area contributed by atoms with E-state index in [4.69, 9.17) is 5.73 Å². The third kappa shape index (κ3) is 3.33. The van der Waals surface area contributed by atoms with Crippen LogP contribution in [0.5, 0.6) is 0 Å². The second-order valence-corrected chi connectivity index (χ2v) is 6.28. The van der Waals surface area contributed by atoms with E-state index >= 15 is 0 Å². The van der Waals surface area contributed by atoms with Gasteiger partial charge in [0.05, 0.1) is 5.69 Å². The van der Waals surface area contributed by atoms with Crippen LogP contribution in [0.4, 0.5) is 5.69 Å². The number of aryl methyl sites for hydroxylation is 2. The van der Waals surface area contributed by atoms with Gasteiger partial charge in [0.1, 0.15) is 11.8 Å². The third-order valence-electron chi connectivity index (χ3n) is 4.31. The summed E-state index contributed by atoms with van der Waals surface area (Å²) in [5.41, 5.74) is 13.3. The molecule has 2 N–H and O–H groups in total. The summed E-state index contributed by atoms with van der Waals surface area (Å²) in [5.74, 6) is 0. The maximum absolute atomic E-state index is 9.45. The summed E-state index contributed by atoms with van der Waals surface area (Å²) in [7, 11) is 0. The van der Waals surface area contributed by atoms with Crippen molar-refractivity contribution in [1.29, 1.82) is 5.26 Å². The number of aromatic nitrogens is 1. The van der Waals surface area contributed by atoms with Gasteiger partial charge in [-0.1, -0.05) is 59.7 Å². The normalized spacial score (nSPS) is 10.5. The van der Waals surface area contributed by atoms with Gasteiger partial charge in [-0.15, -0.1) is 0 Å². The Hall–Kier alpha value is -2.99. The molecule has 2 aromatic carbocycles. The van der Waals surface area contributed by atoms with Crippen LogP contribution in [0.15, 0.2) is 54.6 Å². The molecule has 0 unspecified atom stereocenters. The van der Waals surface area contributed by atoms with Crippen LogP contribution < -0.4 is 5.73 Å². The highest BCUT2D eigenvalue weighted by Crippen LogP contribution is 2.23. The van der Waals surface area contributed by atoms with E-state index in [0.717, 1.165) is 17.7 Å². The molecule has 0 atom stereocenters. The Morgan fingerprint density at radius 3 is 2.00 bits per heavy atom. The van der Waals surface area contributed by atoms with Crippen molar-refractivity contribution in [2.75, 3.05) is 5.73 Å². The first kappa shape index (κ1) is 15.9. The van der Waals surface area contributed by atoms with Gasteiger partial charge < -0.3 is 10.3 Å². The molecule has 0 amide bonds. The van der Waals surface area contributed by atoms with Gasteiger partial charge in [0, 0.05) is 18.7 Å². The zero-order valence-corrected chi connectivity index (χ0v) is 14.1. The number of hydrogen-bond donors (Lipinski definition) is 1. The molecule has 0 spiro atoms. The maximum Gasteiger partial charge on any atom is 0.122 e. The summed E-state index contributed by atoms with van der Waals surface area (Å²) < 4.78 is 2.03. The summed E-state index contributed by atoms with van der Waals surface area (Å²) in [5, 5.41) is 9.45. The first-order valence-corrected chi connectivity index (χ1v) is 8.06. The molecule has 3 heteroatoms. The molecule has 0 saturated carbocycles. The molecule has 0 bridgehead atoms. The minimum atomic E-state index is 0.607. The molecule has 0 fully saturated rings. The van der Waals surface area contributed by atoms with Gasteiger partial charge in [-0.05, 0) is 31.0 Å². The molecule has 24 heavy (non-hydrogen) atoms. The number of nitrogens with zero attached hydrogens (tertiary/aromatic N) is 2. The lowest BCUT2D eigenvalue weighted by molar-refractivity contribution is 0.749. The number of nitrogens with two attached hydrogens (primary N) is 1. The Labute approximate surface area is 143 Å². The van der Waals surface area contributed by atoms with Crippen LogP contribution in [0.1, 0.15) is 33.6 Å². The molecule has 120 valence electrons. The molecule has 0 aliphatic carbocycles. The highest BCUT2D eigenvalue weighted by Gasteiger charge is 2.14. The van der Waals surface area contributed by atoms with E-state index in [-0.39, 0.29) is 0 Å². The molecule has 0 aliphatic heterocycles. The second kappa shape index (κ2) is 6.64. The van der Waals surface area contributed by atoms with Crippen molar-refractivity contribution in [1.82, 2.24) is 4.57 Å². The fraction of sp³-hybridized carbons (Fsp3) is 0.190. The lowest BCUT2D eigenvalue weighted by atomic mass is 10.1. The molecule has 0 aliphatic rings. The van der Waals surface area contributed by atoms with Crippen LogP contribution in [0.3, 0.4) is 0 Å². The summed E-state index contributed by atoms with van der Waals surface area (Å²) in [4.78, 5) is 0. The predicted molar refractivity (Wildman–Crippen MR) is 97.8 cm³/mol. The molecule has 1 aromatic heterocycles. The van der Waals surface area contributed by atoms with E-state index in [1.54, 1.807) is 6.07 Å². The molecular weight excluding hydrogens is 294 g/mol. The highest BCUT2D eigenvalue weighted by atomic mass is 15.0. The van der Waals surface area contributed by atoms with Crippen molar-refractivity contribution in [2.45, 2.75) is 26.8 Å². The van der Waals surface area contributed by atoms with Crippen molar-refractivity contribution in [3.8, 4) is 6.07 Å². The van der Waals surface area contributed by atoms with Crippen LogP contribution in [-0.2, 0) is 13.0 Å². The SMILES string of the molecule is Cc1ccc(Cc2c(N)cc(C#N)n2Cc2ccc(C)cc2)cc1. The second-order valence-electron chi connectivity index (χ2n) is 6.28. The first-order valence-electron chi connectivity index (χ1n) is 8.06. The quantitative estimate of drug-likeness (QED) is 0.784. The number of hydrogen-bond acceptors (Lipinski definition) is 2. The summed E-state index contributed by atoms with van der Waals surface area (Å²) >= 11 is 0. The maximum atomic E-state index is 9.45. The van der Waals surface area contributed by atoms with Crippen LogP contribution in [0.2, 0.25) is 0 Å². The minimum Gasteiger partial charge on any atom is -0.397 e. The predicted octanol–water partition coefficient (Wildman–Crippen LogP) is 4.20. The topological polar surface area (TPSA) is 54.7 Å². The number of anilines is 1. The van der Waals surface area contributed by atoms with E-state index in [0.29, 0.717) is 17.9 Å². The van der Waals surface area contributed by atoms with Gasteiger partial charge in [0.25, 0.3) is 0 Å². The van der Waals surface area contributed by atoms with Crippen molar-refractivity contribution in [3.63, 3.8) is 0 Å². The molecule has 3 nitrogen and oxygen atoms in total. The number of benzene rings is 2.